The van der Waals surface area contributed by atoms with Crippen molar-refractivity contribution < 1.29 is 4.74 Å². The number of ether oxygens (including phenoxy) is 1. The Bertz CT molecular complexity index is 605. The molecule has 0 bridgehead atoms. The lowest BCUT2D eigenvalue weighted by Gasteiger charge is -2.10. The quantitative estimate of drug-likeness (QED) is 0.770. The highest BCUT2D eigenvalue weighted by Crippen LogP contribution is 2.33. The average Bonchev–Trinajstić information content (AvgIpc) is 2.33. The Balaban J connectivity index is 2.37. The summed E-state index contributed by atoms with van der Waals surface area (Å²) in [5.74, 6) is 0.931. The second kappa shape index (κ2) is 5.43. The molecule has 0 unspecified atom stereocenters. The van der Waals surface area contributed by atoms with E-state index in [-0.39, 0.29) is 0 Å². The summed E-state index contributed by atoms with van der Waals surface area (Å²) in [6.45, 7) is 3.74. The van der Waals surface area contributed by atoms with Gasteiger partial charge in [0.05, 0.1) is 5.02 Å². The second-order valence-electron chi connectivity index (χ2n) is 3.72. The number of hydrogen-bond donors (Lipinski definition) is 0. The normalized spacial score (nSPS) is 10.5. The van der Waals surface area contributed by atoms with Crippen molar-refractivity contribution in [3.8, 4) is 11.6 Å². The highest BCUT2D eigenvalue weighted by molar-refractivity contribution is 9.10. The summed E-state index contributed by atoms with van der Waals surface area (Å²) in [7, 11) is 0. The van der Waals surface area contributed by atoms with Crippen LogP contribution in [0.2, 0.25) is 10.2 Å². The van der Waals surface area contributed by atoms with Crippen LogP contribution in [0, 0.1) is 13.8 Å². The van der Waals surface area contributed by atoms with Crippen molar-refractivity contribution >= 4 is 39.1 Å². The van der Waals surface area contributed by atoms with Gasteiger partial charge in [-0.3, -0.25) is 0 Å². The van der Waals surface area contributed by atoms with Gasteiger partial charge in [-0.05, 0) is 37.6 Å². The Morgan fingerprint density at radius 2 is 1.83 bits per heavy atom. The fourth-order valence-corrected chi connectivity index (χ4v) is 2.21. The van der Waals surface area contributed by atoms with Gasteiger partial charge in [0.2, 0.25) is 5.88 Å². The Morgan fingerprint density at radius 1 is 1.11 bits per heavy atom. The van der Waals surface area contributed by atoms with E-state index in [1.165, 1.54) is 0 Å². The third-order valence-corrected chi connectivity index (χ3v) is 3.67. The maximum atomic E-state index is 6.07. The fraction of sp³-hybridized carbons (Fsp3) is 0.167. The molecule has 0 amide bonds. The maximum Gasteiger partial charge on any atom is 0.242 e. The van der Waals surface area contributed by atoms with Crippen molar-refractivity contribution in [3.63, 3.8) is 0 Å². The minimum atomic E-state index is 0.377. The van der Waals surface area contributed by atoms with Crippen molar-refractivity contribution in [2.45, 2.75) is 13.8 Å². The molecule has 0 N–H and O–H groups in total. The van der Waals surface area contributed by atoms with Gasteiger partial charge in [-0.2, -0.15) is 0 Å². The standard InChI is InChI=1S/C12H9BrCl2N2O/c1-6-7(2)12(17-16-11(6)15)18-10-4-3-8(13)5-9(10)14/h3-5H,1-2H3. The summed E-state index contributed by atoms with van der Waals surface area (Å²) < 4.78 is 6.53. The molecule has 0 fully saturated rings. The van der Waals surface area contributed by atoms with Crippen LogP contribution in [0.5, 0.6) is 11.6 Å². The third-order valence-electron chi connectivity index (χ3n) is 2.52. The van der Waals surface area contributed by atoms with Gasteiger partial charge in [0.25, 0.3) is 0 Å². The van der Waals surface area contributed by atoms with Crippen LogP contribution < -0.4 is 4.74 Å². The van der Waals surface area contributed by atoms with Crippen LogP contribution in [0.3, 0.4) is 0 Å². The van der Waals surface area contributed by atoms with Crippen molar-refractivity contribution in [2.75, 3.05) is 0 Å². The SMILES string of the molecule is Cc1c(Cl)nnc(Oc2ccc(Br)cc2Cl)c1C. The summed E-state index contributed by atoms with van der Waals surface area (Å²) in [5.41, 5.74) is 1.68. The molecule has 1 aromatic carbocycles. The molecule has 0 saturated carbocycles. The summed E-state index contributed by atoms with van der Waals surface area (Å²) >= 11 is 15.3. The molecule has 0 aliphatic carbocycles. The van der Waals surface area contributed by atoms with E-state index < -0.39 is 0 Å². The van der Waals surface area contributed by atoms with Gasteiger partial charge in [0, 0.05) is 10.0 Å². The molecule has 18 heavy (non-hydrogen) atoms. The van der Waals surface area contributed by atoms with Crippen LogP contribution in [-0.2, 0) is 0 Å². The van der Waals surface area contributed by atoms with Crippen LogP contribution in [0.4, 0.5) is 0 Å². The number of benzene rings is 1. The van der Waals surface area contributed by atoms with Gasteiger partial charge in [0.1, 0.15) is 5.75 Å². The van der Waals surface area contributed by atoms with E-state index in [1.807, 2.05) is 19.9 Å². The molecule has 0 atom stereocenters. The highest BCUT2D eigenvalue weighted by Gasteiger charge is 2.11. The Morgan fingerprint density at radius 3 is 2.50 bits per heavy atom. The van der Waals surface area contributed by atoms with E-state index >= 15 is 0 Å². The number of aromatic nitrogens is 2. The molecule has 0 saturated heterocycles. The van der Waals surface area contributed by atoms with Crippen LogP contribution in [0.1, 0.15) is 11.1 Å². The van der Waals surface area contributed by atoms with Gasteiger partial charge in [-0.1, -0.05) is 39.1 Å². The summed E-state index contributed by atoms with van der Waals surface area (Å²) in [5, 5.41) is 8.62. The van der Waals surface area contributed by atoms with Gasteiger partial charge in [0.15, 0.2) is 5.15 Å². The van der Waals surface area contributed by atoms with E-state index in [1.54, 1.807) is 12.1 Å². The number of halogens is 3. The number of nitrogens with zero attached hydrogens (tertiary/aromatic N) is 2. The Labute approximate surface area is 123 Å². The first-order valence-corrected chi connectivity index (χ1v) is 6.66. The summed E-state index contributed by atoms with van der Waals surface area (Å²) in [6.07, 6.45) is 0. The van der Waals surface area contributed by atoms with Crippen LogP contribution in [-0.4, -0.2) is 10.2 Å². The average molecular weight is 348 g/mol. The van der Waals surface area contributed by atoms with Crippen molar-refractivity contribution in [1.29, 1.82) is 0 Å². The van der Waals surface area contributed by atoms with E-state index in [0.29, 0.717) is 21.8 Å². The van der Waals surface area contributed by atoms with Gasteiger partial charge < -0.3 is 4.74 Å². The minimum absolute atomic E-state index is 0.377. The topological polar surface area (TPSA) is 35.0 Å². The zero-order valence-corrected chi connectivity index (χ0v) is 12.8. The zero-order valence-electron chi connectivity index (χ0n) is 9.67. The predicted molar refractivity (Wildman–Crippen MR) is 75.7 cm³/mol. The Hall–Kier alpha value is -0.840. The monoisotopic (exact) mass is 346 g/mol. The number of hydrogen-bond acceptors (Lipinski definition) is 3. The highest BCUT2D eigenvalue weighted by atomic mass is 79.9. The van der Waals surface area contributed by atoms with Gasteiger partial charge >= 0.3 is 0 Å². The smallest absolute Gasteiger partial charge is 0.242 e. The third kappa shape index (κ3) is 2.76. The molecule has 94 valence electrons. The molecule has 3 nitrogen and oxygen atoms in total. The van der Waals surface area contributed by atoms with E-state index in [2.05, 4.69) is 26.1 Å². The Kier molecular flexibility index (Phi) is 4.10. The molecule has 1 heterocycles. The van der Waals surface area contributed by atoms with Gasteiger partial charge in [-0.15, -0.1) is 10.2 Å². The molecule has 0 radical (unpaired) electrons. The first-order valence-electron chi connectivity index (χ1n) is 5.11. The molecule has 2 rings (SSSR count). The molecule has 0 spiro atoms. The first kappa shape index (κ1) is 13.6. The van der Waals surface area contributed by atoms with Crippen molar-refractivity contribution in [1.82, 2.24) is 10.2 Å². The predicted octanol–water partition coefficient (Wildman–Crippen LogP) is 4.96. The summed E-state index contributed by atoms with van der Waals surface area (Å²) in [6, 6.07) is 5.35. The van der Waals surface area contributed by atoms with E-state index in [0.717, 1.165) is 15.6 Å². The molecule has 1 aromatic heterocycles. The molecular formula is C12H9BrCl2N2O. The minimum Gasteiger partial charge on any atom is -0.436 e. The van der Waals surface area contributed by atoms with Crippen LogP contribution in [0.25, 0.3) is 0 Å². The lowest BCUT2D eigenvalue weighted by Crippen LogP contribution is -1.97. The second-order valence-corrected chi connectivity index (χ2v) is 5.40. The van der Waals surface area contributed by atoms with Crippen LogP contribution >= 0.6 is 39.1 Å². The van der Waals surface area contributed by atoms with E-state index in [9.17, 15) is 0 Å². The zero-order chi connectivity index (χ0) is 13.3. The fourth-order valence-electron chi connectivity index (χ4n) is 1.31. The largest absolute Gasteiger partial charge is 0.436 e. The molecule has 2 aromatic rings. The van der Waals surface area contributed by atoms with Crippen LogP contribution in [0.15, 0.2) is 22.7 Å². The first-order chi connectivity index (χ1) is 8.49. The lowest BCUT2D eigenvalue weighted by atomic mass is 10.2. The number of rotatable bonds is 2. The summed E-state index contributed by atoms with van der Waals surface area (Å²) in [4.78, 5) is 0. The van der Waals surface area contributed by atoms with Crippen molar-refractivity contribution in [2.24, 2.45) is 0 Å². The lowest BCUT2D eigenvalue weighted by molar-refractivity contribution is 0.450. The molecule has 0 aliphatic heterocycles. The molecular weight excluding hydrogens is 339 g/mol. The molecule has 0 aliphatic rings. The maximum absolute atomic E-state index is 6.07. The van der Waals surface area contributed by atoms with Gasteiger partial charge in [-0.25, -0.2) is 0 Å². The molecule has 6 heteroatoms. The van der Waals surface area contributed by atoms with Crippen molar-refractivity contribution in [3.05, 3.63) is 44.0 Å². The van der Waals surface area contributed by atoms with E-state index in [4.69, 9.17) is 27.9 Å².